The summed E-state index contributed by atoms with van der Waals surface area (Å²) in [6, 6.07) is 2.61. The second-order valence-corrected chi connectivity index (χ2v) is 2.55. The summed E-state index contributed by atoms with van der Waals surface area (Å²) in [4.78, 5) is 9.92. The van der Waals surface area contributed by atoms with Crippen LogP contribution in [0.15, 0.2) is 12.1 Å². The predicted octanol–water partition coefficient (Wildman–Crippen LogP) is 1.62. The fraction of sp³-hybridized carbons (Fsp3) is 0.250. The first-order chi connectivity index (χ1) is 6.06. The molecule has 0 atom stereocenters. The van der Waals surface area contributed by atoms with Gasteiger partial charge >= 0.3 is 0 Å². The third-order valence-corrected chi connectivity index (χ3v) is 1.76. The van der Waals surface area contributed by atoms with Crippen LogP contribution in [0.3, 0.4) is 0 Å². The number of nitro groups is 1. The van der Waals surface area contributed by atoms with Crippen LogP contribution in [-0.2, 0) is 0 Å². The third-order valence-electron chi connectivity index (χ3n) is 1.76. The SMILES string of the molecule is COc1cc(O)c(C)c([N+](=O)[O-])c1. The number of hydrogen-bond donors (Lipinski definition) is 1. The van der Waals surface area contributed by atoms with E-state index in [0.29, 0.717) is 0 Å². The molecule has 0 aliphatic rings. The average molecular weight is 183 g/mol. The third kappa shape index (κ3) is 1.69. The first-order valence-corrected chi connectivity index (χ1v) is 3.58. The Morgan fingerprint density at radius 2 is 2.15 bits per heavy atom. The molecule has 0 aliphatic heterocycles. The van der Waals surface area contributed by atoms with Crippen LogP contribution in [0, 0.1) is 17.0 Å². The van der Waals surface area contributed by atoms with Gasteiger partial charge in [-0.3, -0.25) is 10.1 Å². The molecule has 0 bridgehead atoms. The molecule has 0 aliphatic carbocycles. The molecule has 70 valence electrons. The number of phenols is 1. The highest BCUT2D eigenvalue weighted by Gasteiger charge is 2.15. The lowest BCUT2D eigenvalue weighted by molar-refractivity contribution is -0.385. The number of benzene rings is 1. The number of phenolic OH excluding ortho intramolecular Hbond substituents is 1. The summed E-state index contributed by atoms with van der Waals surface area (Å²) in [5, 5.41) is 19.8. The minimum atomic E-state index is -0.558. The van der Waals surface area contributed by atoms with Crippen LogP contribution in [0.4, 0.5) is 5.69 Å². The van der Waals surface area contributed by atoms with Gasteiger partial charge in [-0.25, -0.2) is 0 Å². The van der Waals surface area contributed by atoms with Crippen molar-refractivity contribution in [2.75, 3.05) is 7.11 Å². The number of nitro benzene ring substituents is 1. The number of nitrogens with zero attached hydrogens (tertiary/aromatic N) is 1. The highest BCUT2D eigenvalue weighted by molar-refractivity contribution is 5.53. The monoisotopic (exact) mass is 183 g/mol. The van der Waals surface area contributed by atoms with E-state index in [9.17, 15) is 15.2 Å². The molecule has 0 radical (unpaired) electrons. The predicted molar refractivity (Wildman–Crippen MR) is 46.1 cm³/mol. The lowest BCUT2D eigenvalue weighted by atomic mass is 10.2. The normalized spacial score (nSPS) is 9.69. The largest absolute Gasteiger partial charge is 0.507 e. The average Bonchev–Trinajstić information content (AvgIpc) is 2.09. The van der Waals surface area contributed by atoms with Gasteiger partial charge in [-0.05, 0) is 6.92 Å². The van der Waals surface area contributed by atoms with E-state index in [1.54, 1.807) is 0 Å². The zero-order valence-electron chi connectivity index (χ0n) is 7.27. The van der Waals surface area contributed by atoms with Gasteiger partial charge in [0, 0.05) is 6.07 Å². The molecule has 0 fully saturated rings. The molecule has 0 unspecified atom stereocenters. The Morgan fingerprint density at radius 1 is 1.54 bits per heavy atom. The summed E-state index contributed by atoms with van der Waals surface area (Å²) in [6.07, 6.45) is 0. The van der Waals surface area contributed by atoms with Crippen molar-refractivity contribution in [3.63, 3.8) is 0 Å². The number of ether oxygens (including phenoxy) is 1. The quantitative estimate of drug-likeness (QED) is 0.558. The minimum Gasteiger partial charge on any atom is -0.507 e. The van der Waals surface area contributed by atoms with Gasteiger partial charge in [0.15, 0.2) is 0 Å². The van der Waals surface area contributed by atoms with Crippen molar-refractivity contribution in [1.82, 2.24) is 0 Å². The van der Waals surface area contributed by atoms with Crippen LogP contribution < -0.4 is 4.74 Å². The molecule has 1 aromatic carbocycles. The molecule has 13 heavy (non-hydrogen) atoms. The van der Waals surface area contributed by atoms with Crippen molar-refractivity contribution < 1.29 is 14.8 Å². The molecule has 0 amide bonds. The molecule has 1 aromatic rings. The van der Waals surface area contributed by atoms with Crippen molar-refractivity contribution in [1.29, 1.82) is 0 Å². The van der Waals surface area contributed by atoms with Gasteiger partial charge in [0.2, 0.25) is 0 Å². The smallest absolute Gasteiger partial charge is 0.279 e. The second-order valence-electron chi connectivity index (χ2n) is 2.55. The Morgan fingerprint density at radius 3 is 2.62 bits per heavy atom. The molecular formula is C8H9NO4. The molecule has 1 rings (SSSR count). The van der Waals surface area contributed by atoms with E-state index in [0.717, 1.165) is 0 Å². The zero-order valence-corrected chi connectivity index (χ0v) is 7.27. The zero-order chi connectivity index (χ0) is 10.0. The van der Waals surface area contributed by atoms with Crippen molar-refractivity contribution in [3.05, 3.63) is 27.8 Å². The van der Waals surface area contributed by atoms with E-state index >= 15 is 0 Å². The first kappa shape index (κ1) is 9.31. The topological polar surface area (TPSA) is 72.6 Å². The second kappa shape index (κ2) is 3.30. The summed E-state index contributed by atoms with van der Waals surface area (Å²) in [5.41, 5.74) is 0.0997. The summed E-state index contributed by atoms with van der Waals surface area (Å²) in [7, 11) is 1.38. The molecule has 0 saturated carbocycles. The van der Waals surface area contributed by atoms with Crippen LogP contribution in [-0.4, -0.2) is 17.1 Å². The summed E-state index contributed by atoms with van der Waals surface area (Å²) < 4.78 is 4.78. The fourth-order valence-electron chi connectivity index (χ4n) is 0.966. The van der Waals surface area contributed by atoms with Crippen molar-refractivity contribution in [2.45, 2.75) is 6.92 Å². The number of rotatable bonds is 2. The standard InChI is InChI=1S/C8H9NO4/c1-5-7(9(11)12)3-6(13-2)4-8(5)10/h3-4,10H,1-2H3. The Hall–Kier alpha value is -1.78. The summed E-state index contributed by atoms with van der Waals surface area (Å²) in [6.45, 7) is 1.48. The Kier molecular flexibility index (Phi) is 2.36. The van der Waals surface area contributed by atoms with Crippen molar-refractivity contribution in [3.8, 4) is 11.5 Å². The maximum atomic E-state index is 10.5. The van der Waals surface area contributed by atoms with Crippen LogP contribution in [0.1, 0.15) is 5.56 Å². The van der Waals surface area contributed by atoms with E-state index in [-0.39, 0.29) is 22.7 Å². The lowest BCUT2D eigenvalue weighted by Crippen LogP contribution is -1.93. The molecule has 0 spiro atoms. The number of hydrogen-bond acceptors (Lipinski definition) is 4. The van der Waals surface area contributed by atoms with Gasteiger partial charge in [-0.2, -0.15) is 0 Å². The lowest BCUT2D eigenvalue weighted by Gasteiger charge is -2.03. The highest BCUT2D eigenvalue weighted by atomic mass is 16.6. The van der Waals surface area contributed by atoms with E-state index in [4.69, 9.17) is 4.74 Å². The first-order valence-electron chi connectivity index (χ1n) is 3.58. The highest BCUT2D eigenvalue weighted by Crippen LogP contribution is 2.31. The van der Waals surface area contributed by atoms with Gasteiger partial charge in [-0.15, -0.1) is 0 Å². The molecule has 0 saturated heterocycles. The minimum absolute atomic E-state index is 0.133. The van der Waals surface area contributed by atoms with E-state index in [1.165, 1.54) is 26.2 Å². The van der Waals surface area contributed by atoms with E-state index < -0.39 is 4.92 Å². The molecule has 5 nitrogen and oxygen atoms in total. The molecule has 5 heteroatoms. The maximum Gasteiger partial charge on any atom is 0.279 e. The fourth-order valence-corrected chi connectivity index (χ4v) is 0.966. The van der Waals surface area contributed by atoms with Gasteiger partial charge in [0.1, 0.15) is 11.5 Å². The van der Waals surface area contributed by atoms with Crippen molar-refractivity contribution >= 4 is 5.69 Å². The van der Waals surface area contributed by atoms with Gasteiger partial charge in [-0.1, -0.05) is 0 Å². The van der Waals surface area contributed by atoms with Gasteiger partial charge in [0.05, 0.1) is 23.7 Å². The molecule has 0 aromatic heterocycles. The molecule has 1 N–H and O–H groups in total. The number of aromatic hydroxyl groups is 1. The van der Waals surface area contributed by atoms with Gasteiger partial charge < -0.3 is 9.84 Å². The molecule has 0 heterocycles. The van der Waals surface area contributed by atoms with Crippen LogP contribution in [0.5, 0.6) is 11.5 Å². The maximum absolute atomic E-state index is 10.5. The Balaban J connectivity index is 3.33. The Bertz CT molecular complexity index is 348. The summed E-state index contributed by atoms with van der Waals surface area (Å²) >= 11 is 0. The van der Waals surface area contributed by atoms with Crippen LogP contribution in [0.2, 0.25) is 0 Å². The van der Waals surface area contributed by atoms with E-state index in [1.807, 2.05) is 0 Å². The Labute approximate surface area is 74.7 Å². The summed E-state index contributed by atoms with van der Waals surface area (Å²) in [5.74, 6) is 0.140. The van der Waals surface area contributed by atoms with Crippen LogP contribution in [0.25, 0.3) is 0 Å². The van der Waals surface area contributed by atoms with Crippen molar-refractivity contribution in [2.24, 2.45) is 0 Å². The van der Waals surface area contributed by atoms with Gasteiger partial charge in [0.25, 0.3) is 5.69 Å². The molecular weight excluding hydrogens is 174 g/mol. The van der Waals surface area contributed by atoms with E-state index in [2.05, 4.69) is 0 Å². The van der Waals surface area contributed by atoms with Crippen LogP contribution >= 0.6 is 0 Å². The number of methoxy groups -OCH3 is 1.